The molecular weight excluding hydrogens is 296 g/mol. The molecule has 0 bridgehead atoms. The molecule has 0 radical (unpaired) electrons. The molecule has 18 heavy (non-hydrogen) atoms. The van der Waals surface area contributed by atoms with Gasteiger partial charge in [0.25, 0.3) is 0 Å². The van der Waals surface area contributed by atoms with Crippen molar-refractivity contribution in [2.75, 3.05) is 13.1 Å². The molecule has 4 nitrogen and oxygen atoms in total. The third kappa shape index (κ3) is 2.91. The molecule has 0 aliphatic heterocycles. The molecule has 1 aromatic heterocycles. The number of fused-ring (bicyclic) bond motifs is 1. The number of benzene rings is 1. The lowest BCUT2D eigenvalue weighted by molar-refractivity contribution is -0.138. The van der Waals surface area contributed by atoms with Gasteiger partial charge in [-0.05, 0) is 30.3 Å². The normalized spacial score (nSPS) is 11.3. The average molecular weight is 311 g/mol. The summed E-state index contributed by atoms with van der Waals surface area (Å²) in [6, 6.07) is 6.05. The van der Waals surface area contributed by atoms with Crippen molar-refractivity contribution in [3.05, 3.63) is 34.4 Å². The maximum atomic E-state index is 10.8. The first-order chi connectivity index (χ1) is 8.60. The standard InChI is InChI=1S/C13H15BrN2O2/c1-2-16(8-13(17)18)7-9-6-15-12-4-3-10(14)5-11(9)12/h3-6,15H,2,7-8H2,1H3,(H,17,18). The van der Waals surface area contributed by atoms with Crippen molar-refractivity contribution in [1.82, 2.24) is 9.88 Å². The number of nitrogens with zero attached hydrogens (tertiary/aromatic N) is 1. The van der Waals surface area contributed by atoms with Gasteiger partial charge in [-0.1, -0.05) is 22.9 Å². The van der Waals surface area contributed by atoms with E-state index in [0.717, 1.165) is 20.9 Å². The van der Waals surface area contributed by atoms with Crippen LogP contribution in [0.5, 0.6) is 0 Å². The van der Waals surface area contributed by atoms with E-state index in [1.54, 1.807) is 0 Å². The summed E-state index contributed by atoms with van der Waals surface area (Å²) >= 11 is 3.45. The summed E-state index contributed by atoms with van der Waals surface area (Å²) in [5, 5.41) is 9.98. The molecule has 0 saturated heterocycles. The quantitative estimate of drug-likeness (QED) is 0.893. The molecule has 0 spiro atoms. The fraction of sp³-hybridized carbons (Fsp3) is 0.308. The highest BCUT2D eigenvalue weighted by Gasteiger charge is 2.11. The lowest BCUT2D eigenvalue weighted by atomic mass is 10.1. The third-order valence-corrected chi connectivity index (χ3v) is 3.42. The van der Waals surface area contributed by atoms with Crippen molar-refractivity contribution in [3.8, 4) is 0 Å². The first-order valence-electron chi connectivity index (χ1n) is 5.79. The number of rotatable bonds is 5. The number of hydrogen-bond acceptors (Lipinski definition) is 2. The van der Waals surface area contributed by atoms with Crippen molar-refractivity contribution in [2.24, 2.45) is 0 Å². The topological polar surface area (TPSA) is 56.3 Å². The maximum Gasteiger partial charge on any atom is 0.317 e. The van der Waals surface area contributed by atoms with Gasteiger partial charge in [-0.15, -0.1) is 0 Å². The van der Waals surface area contributed by atoms with Crippen molar-refractivity contribution >= 4 is 32.8 Å². The SMILES string of the molecule is CCN(CC(=O)O)Cc1c[nH]c2ccc(Br)cc12. The number of carboxylic acids is 1. The van der Waals surface area contributed by atoms with Gasteiger partial charge in [0.1, 0.15) is 0 Å². The van der Waals surface area contributed by atoms with Gasteiger partial charge in [-0.25, -0.2) is 0 Å². The molecule has 1 aromatic carbocycles. The summed E-state index contributed by atoms with van der Waals surface area (Å²) in [6.45, 7) is 3.39. The van der Waals surface area contributed by atoms with Gasteiger partial charge in [0.2, 0.25) is 0 Å². The second kappa shape index (κ2) is 5.54. The monoisotopic (exact) mass is 310 g/mol. The molecule has 0 amide bonds. The lowest BCUT2D eigenvalue weighted by Gasteiger charge is -2.17. The van der Waals surface area contributed by atoms with Gasteiger partial charge in [-0.3, -0.25) is 9.69 Å². The van der Waals surface area contributed by atoms with E-state index >= 15 is 0 Å². The average Bonchev–Trinajstić information content (AvgIpc) is 2.70. The Labute approximate surface area is 114 Å². The van der Waals surface area contributed by atoms with Crippen molar-refractivity contribution in [2.45, 2.75) is 13.5 Å². The Hall–Kier alpha value is -1.33. The van der Waals surface area contributed by atoms with E-state index in [0.29, 0.717) is 13.1 Å². The van der Waals surface area contributed by atoms with Crippen molar-refractivity contribution in [1.29, 1.82) is 0 Å². The highest BCUT2D eigenvalue weighted by Crippen LogP contribution is 2.23. The number of halogens is 1. The largest absolute Gasteiger partial charge is 0.480 e. The van der Waals surface area contributed by atoms with Gasteiger partial charge in [0.05, 0.1) is 6.54 Å². The van der Waals surface area contributed by atoms with E-state index in [2.05, 4.69) is 27.0 Å². The summed E-state index contributed by atoms with van der Waals surface area (Å²) in [5.41, 5.74) is 2.19. The predicted molar refractivity (Wildman–Crippen MR) is 74.6 cm³/mol. The van der Waals surface area contributed by atoms with Crippen LogP contribution in [-0.4, -0.2) is 34.0 Å². The van der Waals surface area contributed by atoms with Crippen LogP contribution in [0.1, 0.15) is 12.5 Å². The highest BCUT2D eigenvalue weighted by atomic mass is 79.9. The number of likely N-dealkylation sites (N-methyl/N-ethyl adjacent to an activating group) is 1. The molecule has 2 N–H and O–H groups in total. The molecule has 0 saturated carbocycles. The Kier molecular flexibility index (Phi) is 4.04. The van der Waals surface area contributed by atoms with Gasteiger partial charge >= 0.3 is 5.97 Å². The zero-order valence-corrected chi connectivity index (χ0v) is 11.7. The molecule has 0 atom stereocenters. The van der Waals surface area contributed by atoms with Crippen LogP contribution in [0.15, 0.2) is 28.9 Å². The van der Waals surface area contributed by atoms with Gasteiger partial charge in [0, 0.05) is 28.1 Å². The Bertz CT molecular complexity index is 565. The minimum absolute atomic E-state index is 0.0666. The number of nitrogens with one attached hydrogen (secondary N) is 1. The number of hydrogen-bond donors (Lipinski definition) is 2. The molecule has 5 heteroatoms. The minimum atomic E-state index is -0.794. The summed E-state index contributed by atoms with van der Waals surface area (Å²) in [5.74, 6) is -0.794. The molecule has 96 valence electrons. The van der Waals surface area contributed by atoms with Crippen LogP contribution in [-0.2, 0) is 11.3 Å². The van der Waals surface area contributed by atoms with E-state index in [9.17, 15) is 4.79 Å². The van der Waals surface area contributed by atoms with Crippen LogP contribution in [0.25, 0.3) is 10.9 Å². The van der Waals surface area contributed by atoms with Crippen LogP contribution in [0, 0.1) is 0 Å². The van der Waals surface area contributed by atoms with Crippen LogP contribution >= 0.6 is 15.9 Å². The number of carbonyl (C=O) groups is 1. The smallest absolute Gasteiger partial charge is 0.317 e. The first kappa shape index (κ1) is 13.1. The van der Waals surface area contributed by atoms with E-state index in [1.807, 2.05) is 30.2 Å². The molecule has 0 unspecified atom stereocenters. The molecule has 2 aromatic rings. The first-order valence-corrected chi connectivity index (χ1v) is 6.59. The molecule has 1 heterocycles. The van der Waals surface area contributed by atoms with Gasteiger partial charge in [-0.2, -0.15) is 0 Å². The summed E-state index contributed by atoms with van der Waals surface area (Å²) in [7, 11) is 0. The zero-order valence-electron chi connectivity index (χ0n) is 10.1. The summed E-state index contributed by atoms with van der Waals surface area (Å²) in [6.07, 6.45) is 1.95. The Morgan fingerprint density at radius 2 is 2.28 bits per heavy atom. The molecule has 0 fully saturated rings. The molecule has 0 aliphatic rings. The third-order valence-electron chi connectivity index (χ3n) is 2.93. The van der Waals surface area contributed by atoms with E-state index < -0.39 is 5.97 Å². The molecule has 2 rings (SSSR count). The van der Waals surface area contributed by atoms with E-state index in [4.69, 9.17) is 5.11 Å². The molecule has 0 aliphatic carbocycles. The number of H-pyrrole nitrogens is 1. The second-order valence-electron chi connectivity index (χ2n) is 4.20. The summed E-state index contributed by atoms with van der Waals surface area (Å²) in [4.78, 5) is 15.9. The van der Waals surface area contributed by atoms with Gasteiger partial charge < -0.3 is 10.1 Å². The van der Waals surface area contributed by atoms with E-state index in [-0.39, 0.29) is 6.54 Å². The molecular formula is C13H15BrN2O2. The highest BCUT2D eigenvalue weighted by molar-refractivity contribution is 9.10. The summed E-state index contributed by atoms with van der Waals surface area (Å²) < 4.78 is 1.03. The number of aromatic amines is 1. The van der Waals surface area contributed by atoms with Crippen molar-refractivity contribution < 1.29 is 9.90 Å². The van der Waals surface area contributed by atoms with Crippen molar-refractivity contribution in [3.63, 3.8) is 0 Å². The fourth-order valence-corrected chi connectivity index (χ4v) is 2.35. The lowest BCUT2D eigenvalue weighted by Crippen LogP contribution is -2.28. The fourth-order valence-electron chi connectivity index (χ4n) is 1.99. The van der Waals surface area contributed by atoms with E-state index in [1.165, 1.54) is 0 Å². The van der Waals surface area contributed by atoms with Gasteiger partial charge in [0.15, 0.2) is 0 Å². The number of aromatic nitrogens is 1. The Morgan fingerprint density at radius 1 is 1.50 bits per heavy atom. The van der Waals surface area contributed by atoms with Crippen LogP contribution < -0.4 is 0 Å². The van der Waals surface area contributed by atoms with Crippen LogP contribution in [0.2, 0.25) is 0 Å². The van der Waals surface area contributed by atoms with Crippen LogP contribution in [0.4, 0.5) is 0 Å². The Morgan fingerprint density at radius 3 is 2.94 bits per heavy atom. The number of aliphatic carboxylic acids is 1. The Balaban J connectivity index is 2.25. The second-order valence-corrected chi connectivity index (χ2v) is 5.12. The zero-order chi connectivity index (χ0) is 13.1. The minimum Gasteiger partial charge on any atom is -0.480 e. The predicted octanol–water partition coefficient (Wildman–Crippen LogP) is 2.84. The maximum absolute atomic E-state index is 10.8. The van der Waals surface area contributed by atoms with Crippen LogP contribution in [0.3, 0.4) is 0 Å². The number of carboxylic acid groups (broad SMARTS) is 1.